The van der Waals surface area contributed by atoms with Gasteiger partial charge in [-0.2, -0.15) is 0 Å². The Bertz CT molecular complexity index is 727. The fourth-order valence-corrected chi connectivity index (χ4v) is 4.34. The standard InChI is InChI=1S/C19H26FN3O4S/c1-19(2,3)27-18(25)23-12-28-11-15(23)17(24)22-9-5-6-13(10-22)26-16-14(20)7-4-8-21-16/h4,7-8,13,15H,5-6,9-12H2,1-3H3/t13?,15-/m0/s1. The second-order valence-electron chi connectivity index (χ2n) is 7.92. The summed E-state index contributed by atoms with van der Waals surface area (Å²) in [6, 6.07) is 2.25. The first-order valence-electron chi connectivity index (χ1n) is 9.38. The molecule has 154 valence electrons. The number of carbonyl (C=O) groups is 2. The van der Waals surface area contributed by atoms with Gasteiger partial charge in [-0.1, -0.05) is 0 Å². The summed E-state index contributed by atoms with van der Waals surface area (Å²) in [5.41, 5.74) is -0.616. The molecule has 2 atom stereocenters. The fraction of sp³-hybridized carbons (Fsp3) is 0.632. The largest absolute Gasteiger partial charge is 0.470 e. The van der Waals surface area contributed by atoms with Crippen molar-refractivity contribution >= 4 is 23.8 Å². The third kappa shape index (κ3) is 5.06. The molecule has 1 aromatic heterocycles. The molecule has 1 aromatic rings. The maximum absolute atomic E-state index is 13.8. The number of halogens is 1. The van der Waals surface area contributed by atoms with E-state index in [4.69, 9.17) is 9.47 Å². The van der Waals surface area contributed by atoms with Gasteiger partial charge in [-0.25, -0.2) is 14.2 Å². The predicted octanol–water partition coefficient (Wildman–Crippen LogP) is 2.90. The van der Waals surface area contributed by atoms with Gasteiger partial charge in [0, 0.05) is 18.5 Å². The molecule has 9 heteroatoms. The molecule has 3 rings (SSSR count). The van der Waals surface area contributed by atoms with Crippen molar-refractivity contribution < 1.29 is 23.5 Å². The van der Waals surface area contributed by atoms with Gasteiger partial charge < -0.3 is 14.4 Å². The SMILES string of the molecule is CC(C)(C)OC(=O)N1CSC[C@H]1C(=O)N1CCCC(Oc2ncccc2F)C1. The van der Waals surface area contributed by atoms with Crippen LogP contribution in [0.2, 0.25) is 0 Å². The van der Waals surface area contributed by atoms with Gasteiger partial charge in [-0.3, -0.25) is 9.69 Å². The second kappa shape index (κ2) is 8.55. The minimum absolute atomic E-state index is 0.0476. The summed E-state index contributed by atoms with van der Waals surface area (Å²) >= 11 is 1.53. The van der Waals surface area contributed by atoms with Gasteiger partial charge in [0.1, 0.15) is 17.7 Å². The van der Waals surface area contributed by atoms with Crippen molar-refractivity contribution in [3.63, 3.8) is 0 Å². The van der Waals surface area contributed by atoms with Crippen LogP contribution in [0.5, 0.6) is 5.88 Å². The molecule has 28 heavy (non-hydrogen) atoms. The molecule has 1 unspecified atom stereocenters. The van der Waals surface area contributed by atoms with Crippen molar-refractivity contribution in [2.24, 2.45) is 0 Å². The van der Waals surface area contributed by atoms with Gasteiger partial charge in [0.25, 0.3) is 5.88 Å². The highest BCUT2D eigenvalue weighted by atomic mass is 32.2. The van der Waals surface area contributed by atoms with E-state index in [9.17, 15) is 14.0 Å². The van der Waals surface area contributed by atoms with E-state index in [0.717, 1.165) is 12.8 Å². The topological polar surface area (TPSA) is 72.0 Å². The Morgan fingerprint density at radius 1 is 1.36 bits per heavy atom. The number of piperidine rings is 1. The summed E-state index contributed by atoms with van der Waals surface area (Å²) in [6.45, 7) is 6.33. The second-order valence-corrected chi connectivity index (χ2v) is 8.92. The number of thioether (sulfide) groups is 1. The van der Waals surface area contributed by atoms with Crippen molar-refractivity contribution in [3.8, 4) is 5.88 Å². The molecule has 0 bridgehead atoms. The molecule has 0 saturated carbocycles. The molecule has 2 amide bonds. The first-order valence-corrected chi connectivity index (χ1v) is 10.5. The summed E-state index contributed by atoms with van der Waals surface area (Å²) in [7, 11) is 0. The molecule has 7 nitrogen and oxygen atoms in total. The van der Waals surface area contributed by atoms with Gasteiger partial charge in [0.05, 0.1) is 12.4 Å². The van der Waals surface area contributed by atoms with Gasteiger partial charge in [-0.15, -0.1) is 11.8 Å². The predicted molar refractivity (Wildman–Crippen MR) is 104 cm³/mol. The lowest BCUT2D eigenvalue weighted by Crippen LogP contribution is -2.53. The number of pyridine rings is 1. The van der Waals surface area contributed by atoms with Crippen LogP contribution in [0.1, 0.15) is 33.6 Å². The number of ether oxygens (including phenoxy) is 2. The van der Waals surface area contributed by atoms with Gasteiger partial charge >= 0.3 is 6.09 Å². The molecule has 0 radical (unpaired) electrons. The maximum Gasteiger partial charge on any atom is 0.411 e. The number of nitrogens with zero attached hydrogens (tertiary/aromatic N) is 3. The highest BCUT2D eigenvalue weighted by Gasteiger charge is 2.40. The number of hydrogen-bond donors (Lipinski definition) is 0. The lowest BCUT2D eigenvalue weighted by Gasteiger charge is -2.36. The third-order valence-corrected chi connectivity index (χ3v) is 5.50. The summed E-state index contributed by atoms with van der Waals surface area (Å²) < 4.78 is 24.9. The van der Waals surface area contributed by atoms with E-state index < -0.39 is 23.6 Å². The van der Waals surface area contributed by atoms with Crippen LogP contribution in [0.3, 0.4) is 0 Å². The van der Waals surface area contributed by atoms with Crippen molar-refractivity contribution in [1.29, 1.82) is 0 Å². The molecular weight excluding hydrogens is 385 g/mol. The van der Waals surface area contributed by atoms with E-state index >= 15 is 0 Å². The fourth-order valence-electron chi connectivity index (χ4n) is 3.21. The zero-order valence-electron chi connectivity index (χ0n) is 16.4. The molecule has 2 saturated heterocycles. The van der Waals surface area contributed by atoms with Crippen molar-refractivity contribution in [3.05, 3.63) is 24.1 Å². The van der Waals surface area contributed by atoms with Crippen LogP contribution >= 0.6 is 11.8 Å². The molecule has 0 spiro atoms. The van der Waals surface area contributed by atoms with Crippen LogP contribution in [0.15, 0.2) is 18.3 Å². The maximum atomic E-state index is 13.8. The molecule has 2 fully saturated rings. The summed E-state index contributed by atoms with van der Waals surface area (Å²) in [5.74, 6) is 0.279. The monoisotopic (exact) mass is 411 g/mol. The Balaban J connectivity index is 1.63. The van der Waals surface area contributed by atoms with Crippen LogP contribution < -0.4 is 4.74 Å². The zero-order valence-corrected chi connectivity index (χ0v) is 17.2. The van der Waals surface area contributed by atoms with Gasteiger partial charge in [0.2, 0.25) is 5.91 Å². The van der Waals surface area contributed by atoms with Crippen molar-refractivity contribution in [1.82, 2.24) is 14.8 Å². The normalized spacial score (nSPS) is 22.9. The van der Waals surface area contributed by atoms with E-state index in [1.54, 1.807) is 25.7 Å². The molecule has 0 aliphatic carbocycles. The van der Waals surface area contributed by atoms with E-state index in [2.05, 4.69) is 4.98 Å². The van der Waals surface area contributed by atoms with E-state index in [1.165, 1.54) is 35.0 Å². The smallest absolute Gasteiger partial charge is 0.411 e. The highest BCUT2D eigenvalue weighted by Crippen LogP contribution is 2.27. The number of aromatic nitrogens is 1. The van der Waals surface area contributed by atoms with Crippen LogP contribution in [0.25, 0.3) is 0 Å². The molecule has 0 N–H and O–H groups in total. The van der Waals surface area contributed by atoms with E-state index in [-0.39, 0.29) is 17.9 Å². The lowest BCUT2D eigenvalue weighted by atomic mass is 10.1. The van der Waals surface area contributed by atoms with Crippen molar-refractivity contribution in [2.75, 3.05) is 24.7 Å². The summed E-state index contributed by atoms with van der Waals surface area (Å²) in [4.78, 5) is 32.6. The van der Waals surface area contributed by atoms with Crippen LogP contribution in [0.4, 0.5) is 9.18 Å². The number of rotatable bonds is 3. The summed E-state index contributed by atoms with van der Waals surface area (Å²) in [6.07, 6.45) is 2.13. The van der Waals surface area contributed by atoms with Crippen LogP contribution in [-0.2, 0) is 9.53 Å². The van der Waals surface area contributed by atoms with Crippen LogP contribution in [-0.4, -0.2) is 69.3 Å². The number of likely N-dealkylation sites (tertiary alicyclic amines) is 1. The van der Waals surface area contributed by atoms with E-state index in [0.29, 0.717) is 24.7 Å². The Morgan fingerprint density at radius 3 is 2.86 bits per heavy atom. The number of amides is 2. The minimum atomic E-state index is -0.616. The Kier molecular flexibility index (Phi) is 6.32. The first kappa shape index (κ1) is 20.7. The van der Waals surface area contributed by atoms with Gasteiger partial charge in [0.15, 0.2) is 5.82 Å². The molecule has 2 aliphatic rings. The molecule has 0 aromatic carbocycles. The van der Waals surface area contributed by atoms with Gasteiger partial charge in [-0.05, 0) is 45.7 Å². The minimum Gasteiger partial charge on any atom is -0.470 e. The average Bonchev–Trinajstić information content (AvgIpc) is 3.12. The van der Waals surface area contributed by atoms with Crippen LogP contribution in [0, 0.1) is 5.82 Å². The molecule has 3 heterocycles. The quantitative estimate of drug-likeness (QED) is 0.762. The van der Waals surface area contributed by atoms with E-state index in [1.807, 2.05) is 0 Å². The van der Waals surface area contributed by atoms with Crippen molar-refractivity contribution in [2.45, 2.75) is 51.4 Å². The average molecular weight is 411 g/mol. The zero-order chi connectivity index (χ0) is 20.3. The molecule has 2 aliphatic heterocycles. The Hall–Kier alpha value is -2.03. The number of carbonyl (C=O) groups excluding carboxylic acids is 2. The highest BCUT2D eigenvalue weighted by molar-refractivity contribution is 7.99. The molecular formula is C19H26FN3O4S. The lowest BCUT2D eigenvalue weighted by molar-refractivity contribution is -0.138. The Labute approximate surface area is 168 Å². The third-order valence-electron chi connectivity index (χ3n) is 4.49. The summed E-state index contributed by atoms with van der Waals surface area (Å²) in [5, 5.41) is 0. The Morgan fingerprint density at radius 2 is 2.14 bits per heavy atom. The first-order chi connectivity index (χ1) is 13.2. The number of hydrogen-bond acceptors (Lipinski definition) is 6.